The summed E-state index contributed by atoms with van der Waals surface area (Å²) in [5, 5.41) is 10.9. The summed E-state index contributed by atoms with van der Waals surface area (Å²) >= 11 is 11.4. The van der Waals surface area contributed by atoms with Crippen LogP contribution in [0.5, 0.6) is 0 Å². The number of aliphatic carboxylic acids is 1. The Balaban J connectivity index is 2.69. The van der Waals surface area contributed by atoms with E-state index in [1.165, 1.54) is 18.2 Å². The van der Waals surface area contributed by atoms with Crippen molar-refractivity contribution in [2.24, 2.45) is 5.92 Å². The molecule has 1 rings (SSSR count). The number of hydrogen-bond acceptors (Lipinski definition) is 2. The highest BCUT2D eigenvalue weighted by atomic mass is 35.5. The van der Waals surface area contributed by atoms with Gasteiger partial charge < -0.3 is 10.4 Å². The summed E-state index contributed by atoms with van der Waals surface area (Å²) in [5.41, 5.74) is 0.0635. The van der Waals surface area contributed by atoms with Gasteiger partial charge in [-0.2, -0.15) is 13.2 Å². The average molecular weight is 358 g/mol. The van der Waals surface area contributed by atoms with E-state index in [-0.39, 0.29) is 15.6 Å². The summed E-state index contributed by atoms with van der Waals surface area (Å²) in [6.07, 6.45) is -5.84. The highest BCUT2D eigenvalue weighted by molar-refractivity contribution is 6.42. The molecule has 4 nitrogen and oxygen atoms in total. The van der Waals surface area contributed by atoms with Crippen molar-refractivity contribution in [2.45, 2.75) is 19.0 Å². The number of nitrogens with one attached hydrogen (secondary N) is 1. The zero-order valence-electron chi connectivity index (χ0n) is 11.1. The average Bonchev–Trinajstić information content (AvgIpc) is 2.39. The second-order valence-electron chi connectivity index (χ2n) is 4.51. The van der Waals surface area contributed by atoms with Gasteiger partial charge in [0.05, 0.1) is 16.0 Å². The Kier molecular flexibility index (Phi) is 6.49. The summed E-state index contributed by atoms with van der Waals surface area (Å²) in [6, 6.07) is 3.91. The number of rotatable bonds is 6. The molecule has 0 saturated heterocycles. The number of alkyl halides is 3. The third kappa shape index (κ3) is 5.73. The summed E-state index contributed by atoms with van der Waals surface area (Å²) in [5.74, 6) is -4.01. The Hall–Kier alpha value is -1.47. The quantitative estimate of drug-likeness (QED) is 0.814. The van der Waals surface area contributed by atoms with Crippen molar-refractivity contribution < 1.29 is 27.9 Å². The normalized spacial score (nSPS) is 12.8. The van der Waals surface area contributed by atoms with Crippen molar-refractivity contribution in [3.8, 4) is 0 Å². The van der Waals surface area contributed by atoms with Gasteiger partial charge in [0.1, 0.15) is 0 Å². The molecule has 0 aliphatic rings. The van der Waals surface area contributed by atoms with Gasteiger partial charge in [0.2, 0.25) is 0 Å². The number of carbonyl (C=O) groups is 2. The minimum Gasteiger partial charge on any atom is -0.481 e. The van der Waals surface area contributed by atoms with Crippen LogP contribution in [0.25, 0.3) is 0 Å². The number of halogens is 5. The number of carbonyl (C=O) groups excluding carboxylic acids is 1. The van der Waals surface area contributed by atoms with Crippen LogP contribution in [0.15, 0.2) is 18.2 Å². The van der Waals surface area contributed by atoms with Crippen molar-refractivity contribution in [2.75, 3.05) is 6.54 Å². The van der Waals surface area contributed by atoms with Gasteiger partial charge in [0.15, 0.2) is 0 Å². The van der Waals surface area contributed by atoms with Gasteiger partial charge in [-0.1, -0.05) is 23.2 Å². The lowest BCUT2D eigenvalue weighted by Gasteiger charge is -2.20. The van der Waals surface area contributed by atoms with Gasteiger partial charge >= 0.3 is 12.1 Å². The van der Waals surface area contributed by atoms with Gasteiger partial charge in [0.25, 0.3) is 5.91 Å². The molecule has 0 radical (unpaired) electrons. The molecule has 0 bridgehead atoms. The Labute approximate surface area is 134 Å². The van der Waals surface area contributed by atoms with Crippen molar-refractivity contribution in [1.82, 2.24) is 5.32 Å². The molecule has 0 unspecified atom stereocenters. The summed E-state index contributed by atoms with van der Waals surface area (Å²) in [4.78, 5) is 22.2. The smallest absolute Gasteiger partial charge is 0.393 e. The largest absolute Gasteiger partial charge is 0.481 e. The second-order valence-corrected chi connectivity index (χ2v) is 5.32. The molecule has 1 atom stereocenters. The zero-order chi connectivity index (χ0) is 16.9. The molecule has 0 saturated carbocycles. The Morgan fingerprint density at radius 2 is 1.86 bits per heavy atom. The fourth-order valence-corrected chi connectivity index (χ4v) is 1.93. The predicted molar refractivity (Wildman–Crippen MR) is 75.2 cm³/mol. The molecule has 22 heavy (non-hydrogen) atoms. The number of hydrogen-bond donors (Lipinski definition) is 2. The van der Waals surface area contributed by atoms with E-state index < -0.39 is 43.4 Å². The molecule has 0 aliphatic heterocycles. The van der Waals surface area contributed by atoms with Crippen molar-refractivity contribution in [3.05, 3.63) is 33.8 Å². The monoisotopic (exact) mass is 357 g/mol. The first-order valence-electron chi connectivity index (χ1n) is 6.13. The summed E-state index contributed by atoms with van der Waals surface area (Å²) < 4.78 is 38.3. The molecule has 2 N–H and O–H groups in total. The Morgan fingerprint density at radius 3 is 2.36 bits per heavy atom. The second kappa shape index (κ2) is 7.69. The Morgan fingerprint density at radius 1 is 1.23 bits per heavy atom. The van der Waals surface area contributed by atoms with Crippen LogP contribution in [-0.4, -0.2) is 29.7 Å². The van der Waals surface area contributed by atoms with Crippen LogP contribution in [0, 0.1) is 5.92 Å². The van der Waals surface area contributed by atoms with Crippen LogP contribution in [-0.2, 0) is 4.79 Å². The fourth-order valence-electron chi connectivity index (χ4n) is 1.63. The van der Waals surface area contributed by atoms with Crippen molar-refractivity contribution in [3.63, 3.8) is 0 Å². The molecule has 0 spiro atoms. The number of carboxylic acids is 1. The maximum Gasteiger partial charge on any atom is 0.393 e. The zero-order valence-corrected chi connectivity index (χ0v) is 12.6. The molecular weight excluding hydrogens is 346 g/mol. The molecule has 122 valence electrons. The first-order chi connectivity index (χ1) is 10.1. The van der Waals surface area contributed by atoms with Gasteiger partial charge in [-0.3, -0.25) is 9.59 Å². The first-order valence-corrected chi connectivity index (χ1v) is 6.88. The maximum atomic E-state index is 12.8. The van der Waals surface area contributed by atoms with Crippen LogP contribution in [0.4, 0.5) is 13.2 Å². The van der Waals surface area contributed by atoms with E-state index in [1.54, 1.807) is 0 Å². The van der Waals surface area contributed by atoms with E-state index >= 15 is 0 Å². The van der Waals surface area contributed by atoms with Crippen LogP contribution < -0.4 is 5.32 Å². The topological polar surface area (TPSA) is 66.4 Å². The van der Waals surface area contributed by atoms with Crippen molar-refractivity contribution in [1.29, 1.82) is 0 Å². The van der Waals surface area contributed by atoms with Gasteiger partial charge in [0, 0.05) is 18.5 Å². The molecule has 0 aromatic heterocycles. The third-order valence-electron chi connectivity index (χ3n) is 2.86. The lowest BCUT2D eigenvalue weighted by molar-refractivity contribution is -0.175. The SMILES string of the molecule is O=C(O)CC[C@H](CNC(=O)c1ccc(Cl)c(Cl)c1)C(F)(F)F. The van der Waals surface area contributed by atoms with E-state index in [0.29, 0.717) is 0 Å². The van der Waals surface area contributed by atoms with E-state index in [2.05, 4.69) is 5.32 Å². The van der Waals surface area contributed by atoms with E-state index in [9.17, 15) is 22.8 Å². The van der Waals surface area contributed by atoms with Gasteiger partial charge in [-0.05, 0) is 24.6 Å². The highest BCUT2D eigenvalue weighted by Gasteiger charge is 2.39. The standard InChI is InChI=1S/C13H12Cl2F3NO3/c14-9-3-1-7(5-10(9)15)12(22)19-6-8(13(16,17)18)2-4-11(20)21/h1,3,5,8H,2,4,6H2,(H,19,22)(H,20,21)/t8-/m1/s1. The molecule has 1 aromatic rings. The van der Waals surface area contributed by atoms with Gasteiger partial charge in [-0.15, -0.1) is 0 Å². The van der Waals surface area contributed by atoms with Crippen LogP contribution >= 0.6 is 23.2 Å². The Bertz CT molecular complexity index is 564. The minimum absolute atomic E-state index is 0.0635. The lowest BCUT2D eigenvalue weighted by atomic mass is 10.0. The first kappa shape index (κ1) is 18.6. The number of carboxylic acid groups (broad SMARTS) is 1. The molecule has 1 aromatic carbocycles. The van der Waals surface area contributed by atoms with E-state index in [4.69, 9.17) is 28.3 Å². The summed E-state index contributed by atoms with van der Waals surface area (Å²) in [7, 11) is 0. The molecule has 1 amide bonds. The third-order valence-corrected chi connectivity index (χ3v) is 3.60. The van der Waals surface area contributed by atoms with Crippen LogP contribution in [0.3, 0.4) is 0 Å². The molecule has 0 aliphatic carbocycles. The maximum absolute atomic E-state index is 12.8. The lowest BCUT2D eigenvalue weighted by Crippen LogP contribution is -2.36. The van der Waals surface area contributed by atoms with Crippen LogP contribution in [0.1, 0.15) is 23.2 Å². The molecule has 9 heteroatoms. The highest BCUT2D eigenvalue weighted by Crippen LogP contribution is 2.29. The van der Waals surface area contributed by atoms with Crippen LogP contribution in [0.2, 0.25) is 10.0 Å². The fraction of sp³-hybridized carbons (Fsp3) is 0.385. The van der Waals surface area contributed by atoms with Crippen molar-refractivity contribution >= 4 is 35.1 Å². The van der Waals surface area contributed by atoms with Gasteiger partial charge in [-0.25, -0.2) is 0 Å². The molecule has 0 heterocycles. The number of benzene rings is 1. The predicted octanol–water partition coefficient (Wildman–Crippen LogP) is 3.77. The molecule has 0 fully saturated rings. The van der Waals surface area contributed by atoms with E-state index in [1.807, 2.05) is 0 Å². The summed E-state index contributed by atoms with van der Waals surface area (Å²) in [6.45, 7) is -0.712. The minimum atomic E-state index is -4.60. The molecular formula is C13H12Cl2F3NO3. The van der Waals surface area contributed by atoms with E-state index in [0.717, 1.165) is 0 Å². The number of amides is 1.